The number of ether oxygens (including phenoxy) is 2. The van der Waals surface area contributed by atoms with Gasteiger partial charge in [-0.2, -0.15) is 0 Å². The molecule has 6 nitrogen and oxygen atoms in total. The molecule has 0 aliphatic carbocycles. The Morgan fingerprint density at radius 1 is 1.12 bits per heavy atom. The first-order valence-corrected chi connectivity index (χ1v) is 8.71. The van der Waals surface area contributed by atoms with E-state index in [0.29, 0.717) is 26.0 Å². The van der Waals surface area contributed by atoms with E-state index in [9.17, 15) is 8.78 Å². The summed E-state index contributed by atoms with van der Waals surface area (Å²) >= 11 is 0. The number of carbonyl (C=O) groups excluding carboxylic acids is 1. The Balaban J connectivity index is 0.000000920. The van der Waals surface area contributed by atoms with Gasteiger partial charge >= 0.3 is 0 Å². The molecule has 8 heteroatoms. The highest BCUT2D eigenvalue weighted by molar-refractivity contribution is 5.52. The lowest BCUT2D eigenvalue weighted by molar-refractivity contribution is -0.106. The maximum atomic E-state index is 14.1. The van der Waals surface area contributed by atoms with Gasteiger partial charge in [0.15, 0.2) is 11.6 Å². The van der Waals surface area contributed by atoms with E-state index in [1.807, 2.05) is 20.9 Å². The third-order valence-electron chi connectivity index (χ3n) is 3.46. The van der Waals surface area contributed by atoms with Crippen molar-refractivity contribution in [2.45, 2.75) is 13.8 Å². The van der Waals surface area contributed by atoms with E-state index in [1.54, 1.807) is 12.0 Å². The molecule has 1 saturated heterocycles. The number of likely N-dealkylation sites (N-methyl/N-ethyl adjacent to an activating group) is 1. The van der Waals surface area contributed by atoms with Crippen LogP contribution >= 0.6 is 0 Å². The predicted molar refractivity (Wildman–Crippen MR) is 99.9 cm³/mol. The van der Waals surface area contributed by atoms with Gasteiger partial charge in [-0.1, -0.05) is 13.8 Å². The van der Waals surface area contributed by atoms with Gasteiger partial charge in [0.05, 0.1) is 6.61 Å². The maximum absolute atomic E-state index is 14.1. The van der Waals surface area contributed by atoms with Crippen molar-refractivity contribution in [2.75, 3.05) is 65.0 Å². The molecule has 0 aromatic heterocycles. The molecule has 0 atom stereocenters. The van der Waals surface area contributed by atoms with Crippen molar-refractivity contribution >= 4 is 12.0 Å². The van der Waals surface area contributed by atoms with Gasteiger partial charge in [0, 0.05) is 52.0 Å². The Morgan fingerprint density at radius 2 is 1.62 bits per heavy atom. The van der Waals surface area contributed by atoms with Crippen LogP contribution in [0.25, 0.3) is 0 Å². The maximum Gasteiger partial charge on any atom is 0.153 e. The number of nitrogens with two attached hydrogens (primary N) is 1. The van der Waals surface area contributed by atoms with Crippen molar-refractivity contribution in [3.63, 3.8) is 0 Å². The highest BCUT2D eigenvalue weighted by Gasteiger charge is 2.21. The zero-order valence-electron chi connectivity index (χ0n) is 16.1. The molecule has 1 aromatic rings. The second-order valence-corrected chi connectivity index (χ2v) is 5.27. The minimum atomic E-state index is -0.582. The number of hydrogen-bond donors (Lipinski definition) is 1. The molecule has 0 spiro atoms. The molecule has 2 rings (SSSR count). The van der Waals surface area contributed by atoms with Crippen LogP contribution in [0.3, 0.4) is 0 Å². The van der Waals surface area contributed by atoms with Gasteiger partial charge < -0.3 is 29.8 Å². The Morgan fingerprint density at radius 3 is 2.04 bits per heavy atom. The third-order valence-corrected chi connectivity index (χ3v) is 3.46. The van der Waals surface area contributed by atoms with Crippen molar-refractivity contribution in [3.8, 4) is 5.75 Å². The molecule has 1 heterocycles. The van der Waals surface area contributed by atoms with E-state index in [-0.39, 0.29) is 24.6 Å². The second kappa shape index (κ2) is 14.4. The number of rotatable bonds is 6. The number of piperazine rings is 1. The fourth-order valence-electron chi connectivity index (χ4n) is 2.20. The molecule has 0 radical (unpaired) electrons. The summed E-state index contributed by atoms with van der Waals surface area (Å²) in [5.41, 5.74) is 4.70. The Hall–Kier alpha value is -1.77. The number of hydrogen-bond acceptors (Lipinski definition) is 6. The molecule has 26 heavy (non-hydrogen) atoms. The zero-order chi connectivity index (χ0) is 19.9. The van der Waals surface area contributed by atoms with Crippen LogP contribution in [0.5, 0.6) is 5.75 Å². The van der Waals surface area contributed by atoms with Crippen molar-refractivity contribution in [3.05, 3.63) is 23.8 Å². The Labute approximate surface area is 154 Å². The molecule has 0 amide bonds. The van der Waals surface area contributed by atoms with Gasteiger partial charge in [-0.25, -0.2) is 8.78 Å². The quantitative estimate of drug-likeness (QED) is 0.605. The normalized spacial score (nSPS) is 13.9. The molecule has 0 unspecified atom stereocenters. The van der Waals surface area contributed by atoms with Crippen molar-refractivity contribution in [1.82, 2.24) is 4.90 Å². The van der Waals surface area contributed by atoms with Gasteiger partial charge in [0.1, 0.15) is 24.3 Å². The number of anilines is 1. The molecule has 1 aromatic carbocycles. The van der Waals surface area contributed by atoms with Gasteiger partial charge in [-0.15, -0.1) is 0 Å². The van der Waals surface area contributed by atoms with E-state index in [0.717, 1.165) is 13.1 Å². The summed E-state index contributed by atoms with van der Waals surface area (Å²) in [5.74, 6) is -0.973. The number of methoxy groups -OCH3 is 1. The smallest absolute Gasteiger partial charge is 0.153 e. The van der Waals surface area contributed by atoms with Gasteiger partial charge in [0.25, 0.3) is 0 Å². The standard InChI is InChI=1S/C14H20F2N2O2.C2H5NO.C2H6/c1-17-3-5-18(6-4-17)14-12(15)9-11(10-13(14)16)20-8-7-19-2;3-1-2-4;1-2/h9-10H,3-8H2,1-2H3;2H,1,3H2;1-2H3. The molecule has 1 aliphatic heterocycles. The summed E-state index contributed by atoms with van der Waals surface area (Å²) in [6.07, 6.45) is 0.653. The summed E-state index contributed by atoms with van der Waals surface area (Å²) < 4.78 is 38.3. The Bertz CT molecular complexity index is 487. The molecule has 0 bridgehead atoms. The summed E-state index contributed by atoms with van der Waals surface area (Å²) in [6, 6.07) is 2.46. The average molecular weight is 375 g/mol. The summed E-state index contributed by atoms with van der Waals surface area (Å²) in [5, 5.41) is 0. The fourth-order valence-corrected chi connectivity index (χ4v) is 2.20. The number of carbonyl (C=O) groups is 1. The van der Waals surface area contributed by atoms with E-state index in [4.69, 9.17) is 14.3 Å². The van der Waals surface area contributed by atoms with Crippen LogP contribution in [0.2, 0.25) is 0 Å². The first-order chi connectivity index (χ1) is 12.5. The fraction of sp³-hybridized carbons (Fsp3) is 0.611. The first-order valence-electron chi connectivity index (χ1n) is 8.71. The number of benzene rings is 1. The lowest BCUT2D eigenvalue weighted by Crippen LogP contribution is -2.45. The van der Waals surface area contributed by atoms with E-state index in [2.05, 4.69) is 10.6 Å². The number of nitrogens with zero attached hydrogens (tertiary/aromatic N) is 2. The molecule has 0 saturated carbocycles. The van der Waals surface area contributed by atoms with Crippen LogP contribution in [-0.4, -0.2) is 71.3 Å². The van der Waals surface area contributed by atoms with Crippen LogP contribution in [0.4, 0.5) is 14.5 Å². The van der Waals surface area contributed by atoms with Crippen LogP contribution in [0, 0.1) is 11.6 Å². The second-order valence-electron chi connectivity index (χ2n) is 5.27. The van der Waals surface area contributed by atoms with Crippen LogP contribution in [0.15, 0.2) is 12.1 Å². The third kappa shape index (κ3) is 8.55. The van der Waals surface area contributed by atoms with Gasteiger partial charge in [-0.3, -0.25) is 0 Å². The summed E-state index contributed by atoms with van der Waals surface area (Å²) in [4.78, 5) is 12.9. The number of aldehydes is 1. The Kier molecular flexibility index (Phi) is 13.4. The number of halogens is 2. The average Bonchev–Trinajstić information content (AvgIpc) is 2.65. The van der Waals surface area contributed by atoms with E-state index < -0.39 is 11.6 Å². The van der Waals surface area contributed by atoms with Crippen molar-refractivity contribution in [2.24, 2.45) is 5.73 Å². The molecular formula is C18H31F2N3O3. The zero-order valence-corrected chi connectivity index (χ0v) is 16.1. The minimum absolute atomic E-state index is 0.0391. The van der Waals surface area contributed by atoms with Crippen molar-refractivity contribution in [1.29, 1.82) is 0 Å². The van der Waals surface area contributed by atoms with Crippen molar-refractivity contribution < 1.29 is 23.0 Å². The van der Waals surface area contributed by atoms with Crippen LogP contribution < -0.4 is 15.4 Å². The topological polar surface area (TPSA) is 68.0 Å². The van der Waals surface area contributed by atoms with Crippen LogP contribution in [-0.2, 0) is 9.53 Å². The monoisotopic (exact) mass is 375 g/mol. The highest BCUT2D eigenvalue weighted by Crippen LogP contribution is 2.28. The minimum Gasteiger partial charge on any atom is -0.491 e. The molecule has 150 valence electrons. The van der Waals surface area contributed by atoms with Gasteiger partial charge in [-0.05, 0) is 7.05 Å². The highest BCUT2D eigenvalue weighted by atomic mass is 19.1. The molecular weight excluding hydrogens is 344 g/mol. The molecule has 1 aliphatic rings. The van der Waals surface area contributed by atoms with Gasteiger partial charge in [0.2, 0.25) is 0 Å². The lowest BCUT2D eigenvalue weighted by Gasteiger charge is -2.34. The van der Waals surface area contributed by atoms with Crippen LogP contribution in [0.1, 0.15) is 13.8 Å². The summed E-state index contributed by atoms with van der Waals surface area (Å²) in [6.45, 7) is 7.62. The van der Waals surface area contributed by atoms with E-state index >= 15 is 0 Å². The molecule has 2 N–H and O–H groups in total. The SMILES string of the molecule is CC.COCCOc1cc(F)c(N2CCN(C)CC2)c(F)c1.NCC=O. The summed E-state index contributed by atoms with van der Waals surface area (Å²) in [7, 11) is 3.54. The molecule has 1 fully saturated rings. The van der Waals surface area contributed by atoms with E-state index in [1.165, 1.54) is 12.1 Å². The lowest BCUT2D eigenvalue weighted by atomic mass is 10.2. The largest absolute Gasteiger partial charge is 0.491 e. The first kappa shape index (κ1) is 24.2. The predicted octanol–water partition coefficient (Wildman–Crippen LogP) is 1.91.